The first-order valence-corrected chi connectivity index (χ1v) is 14.7. The number of phenols is 1. The number of nitrogens with zero attached hydrogens (tertiary/aromatic N) is 4. The van der Waals surface area contributed by atoms with E-state index in [0.717, 1.165) is 0 Å². The molecule has 0 spiro atoms. The van der Waals surface area contributed by atoms with Crippen LogP contribution < -0.4 is 15.4 Å². The number of carbonyl (C=O) groups is 1. The Morgan fingerprint density at radius 1 is 0.878 bits per heavy atom. The molecule has 3 N–H and O–H groups in total. The standard InChI is InChI=1S/C36H23FN6O6/c37-28-18-27-29(39-32(16-14-26-15-17-33(43-46)49-26)42-34(27)38-22-8-10-23(44)11-9-22)19-30(28)40-35(45)31-20-47-36(41-31)21-6-12-25(13-7-21)48-24-4-2-1-3-5-24/h1-20,44H,(H,40,45)(H,38,39,42)/b16-14+. The number of furan rings is 1. The molecule has 4 aromatic carbocycles. The van der Waals surface area contributed by atoms with Crippen LogP contribution in [0.3, 0.4) is 0 Å². The fourth-order valence-electron chi connectivity index (χ4n) is 4.74. The van der Waals surface area contributed by atoms with Crippen LogP contribution in [0.4, 0.5) is 27.5 Å². The van der Waals surface area contributed by atoms with Gasteiger partial charge < -0.3 is 29.3 Å². The Balaban J connectivity index is 1.14. The number of nitrogens with one attached hydrogen (secondary N) is 2. The second kappa shape index (κ2) is 13.3. The molecule has 3 aromatic heterocycles. The van der Waals surface area contributed by atoms with Gasteiger partial charge in [-0.2, -0.15) is 0 Å². The summed E-state index contributed by atoms with van der Waals surface area (Å²) in [6.07, 6.45) is 4.26. The number of phenolic OH excluding ortho intramolecular Hbond substituents is 1. The van der Waals surface area contributed by atoms with Crippen LogP contribution in [-0.4, -0.2) is 26.0 Å². The molecule has 49 heavy (non-hydrogen) atoms. The van der Waals surface area contributed by atoms with E-state index in [1.165, 1.54) is 42.7 Å². The van der Waals surface area contributed by atoms with Gasteiger partial charge in [0, 0.05) is 27.9 Å². The van der Waals surface area contributed by atoms with E-state index in [9.17, 15) is 14.8 Å². The smallest absolute Gasteiger partial charge is 0.277 e. The van der Waals surface area contributed by atoms with Crippen molar-refractivity contribution in [3.8, 4) is 28.7 Å². The molecule has 0 radical (unpaired) electrons. The lowest BCUT2D eigenvalue weighted by atomic mass is 10.1. The third kappa shape index (κ3) is 7.00. The summed E-state index contributed by atoms with van der Waals surface area (Å²) in [6.45, 7) is 0. The summed E-state index contributed by atoms with van der Waals surface area (Å²) in [6, 6.07) is 28.1. The molecule has 3 heterocycles. The van der Waals surface area contributed by atoms with E-state index in [1.54, 1.807) is 48.5 Å². The number of nitroso groups, excluding NO2 is 1. The van der Waals surface area contributed by atoms with Crippen LogP contribution in [0.25, 0.3) is 34.5 Å². The lowest BCUT2D eigenvalue weighted by molar-refractivity contribution is 0.102. The number of amides is 1. The molecule has 13 heteroatoms. The second-order valence-corrected chi connectivity index (χ2v) is 10.5. The van der Waals surface area contributed by atoms with E-state index < -0.39 is 11.7 Å². The predicted octanol–water partition coefficient (Wildman–Crippen LogP) is 9.08. The minimum Gasteiger partial charge on any atom is -0.508 e. The summed E-state index contributed by atoms with van der Waals surface area (Å²) >= 11 is 0. The van der Waals surface area contributed by atoms with Crippen molar-refractivity contribution >= 4 is 52.0 Å². The summed E-state index contributed by atoms with van der Waals surface area (Å²) in [5.41, 5.74) is 1.25. The van der Waals surface area contributed by atoms with Gasteiger partial charge in [-0.15, -0.1) is 4.91 Å². The van der Waals surface area contributed by atoms with Gasteiger partial charge >= 0.3 is 0 Å². The molecular weight excluding hydrogens is 631 g/mol. The van der Waals surface area contributed by atoms with Crippen LogP contribution in [0.1, 0.15) is 22.1 Å². The average molecular weight is 655 g/mol. The first-order valence-electron chi connectivity index (χ1n) is 14.7. The van der Waals surface area contributed by atoms with Crippen LogP contribution >= 0.6 is 0 Å². The highest BCUT2D eigenvalue weighted by molar-refractivity contribution is 6.04. The van der Waals surface area contributed by atoms with Crippen LogP contribution in [-0.2, 0) is 0 Å². The molecule has 240 valence electrons. The molecule has 0 saturated carbocycles. The number of rotatable bonds is 10. The minimum absolute atomic E-state index is 0.0669. The lowest BCUT2D eigenvalue weighted by Crippen LogP contribution is -2.13. The highest BCUT2D eigenvalue weighted by atomic mass is 19.1. The van der Waals surface area contributed by atoms with Gasteiger partial charge in [-0.05, 0) is 91.0 Å². The zero-order valence-electron chi connectivity index (χ0n) is 25.2. The number of carbonyl (C=O) groups excluding carboxylic acids is 1. The van der Waals surface area contributed by atoms with Gasteiger partial charge in [0.05, 0.1) is 11.2 Å². The van der Waals surface area contributed by atoms with Gasteiger partial charge in [-0.25, -0.2) is 19.3 Å². The fourth-order valence-corrected chi connectivity index (χ4v) is 4.74. The van der Waals surface area contributed by atoms with E-state index >= 15 is 4.39 Å². The molecule has 7 aromatic rings. The number of hydrogen-bond acceptors (Lipinski definition) is 11. The van der Waals surface area contributed by atoms with E-state index in [2.05, 4.69) is 30.8 Å². The van der Waals surface area contributed by atoms with Gasteiger partial charge in [0.15, 0.2) is 11.5 Å². The zero-order valence-corrected chi connectivity index (χ0v) is 25.2. The molecule has 0 atom stereocenters. The average Bonchev–Trinajstić information content (AvgIpc) is 3.80. The molecule has 0 saturated heterocycles. The van der Waals surface area contributed by atoms with E-state index in [4.69, 9.17) is 13.6 Å². The van der Waals surface area contributed by atoms with Crippen LogP contribution in [0.2, 0.25) is 0 Å². The number of hydrogen-bond donors (Lipinski definition) is 3. The molecule has 0 bridgehead atoms. The number of aromatic nitrogens is 3. The van der Waals surface area contributed by atoms with E-state index in [1.807, 2.05) is 30.3 Å². The molecule has 0 aliphatic heterocycles. The van der Waals surface area contributed by atoms with Crippen molar-refractivity contribution in [2.24, 2.45) is 5.18 Å². The van der Waals surface area contributed by atoms with Crippen molar-refractivity contribution in [2.75, 3.05) is 10.6 Å². The molecule has 0 fully saturated rings. The zero-order chi connectivity index (χ0) is 33.7. The van der Waals surface area contributed by atoms with Crippen LogP contribution in [0.5, 0.6) is 17.2 Å². The number of anilines is 3. The van der Waals surface area contributed by atoms with Crippen molar-refractivity contribution in [3.05, 3.63) is 137 Å². The summed E-state index contributed by atoms with van der Waals surface area (Å²) in [7, 11) is 0. The third-order valence-electron chi connectivity index (χ3n) is 7.10. The largest absolute Gasteiger partial charge is 0.508 e. The van der Waals surface area contributed by atoms with Crippen molar-refractivity contribution in [3.63, 3.8) is 0 Å². The summed E-state index contributed by atoms with van der Waals surface area (Å²) < 4.78 is 32.1. The Labute approximate surface area is 276 Å². The van der Waals surface area contributed by atoms with Gasteiger partial charge in [-0.1, -0.05) is 18.2 Å². The molecular formula is C36H23FN6O6. The summed E-state index contributed by atoms with van der Waals surface area (Å²) in [5.74, 6) is 0.821. The number of aromatic hydroxyl groups is 1. The molecule has 0 aliphatic rings. The number of oxazole rings is 1. The first-order chi connectivity index (χ1) is 23.9. The predicted molar refractivity (Wildman–Crippen MR) is 180 cm³/mol. The molecule has 0 aliphatic carbocycles. The maximum Gasteiger partial charge on any atom is 0.277 e. The summed E-state index contributed by atoms with van der Waals surface area (Å²) in [5, 5.41) is 18.4. The van der Waals surface area contributed by atoms with E-state index in [-0.39, 0.29) is 40.5 Å². The molecule has 0 unspecified atom stereocenters. The van der Waals surface area contributed by atoms with Gasteiger partial charge in [-0.3, -0.25) is 4.79 Å². The van der Waals surface area contributed by atoms with Crippen molar-refractivity contribution in [1.82, 2.24) is 15.0 Å². The number of para-hydroxylation sites is 1. The van der Waals surface area contributed by atoms with Crippen molar-refractivity contribution < 1.29 is 27.9 Å². The van der Waals surface area contributed by atoms with Gasteiger partial charge in [0.1, 0.15) is 40.9 Å². The highest BCUT2D eigenvalue weighted by Gasteiger charge is 2.18. The normalized spacial score (nSPS) is 11.1. The lowest BCUT2D eigenvalue weighted by Gasteiger charge is -2.12. The number of ether oxygens (including phenoxy) is 1. The third-order valence-corrected chi connectivity index (χ3v) is 7.10. The van der Waals surface area contributed by atoms with Gasteiger partial charge in [0.25, 0.3) is 11.8 Å². The highest BCUT2D eigenvalue weighted by Crippen LogP contribution is 2.31. The molecule has 12 nitrogen and oxygen atoms in total. The number of fused-ring (bicyclic) bond motifs is 1. The Morgan fingerprint density at radius 3 is 2.41 bits per heavy atom. The quantitative estimate of drug-likeness (QED) is 0.0956. The molecule has 1 amide bonds. The minimum atomic E-state index is -0.747. The Kier molecular flexibility index (Phi) is 8.28. The maximum absolute atomic E-state index is 15.5. The molecule has 7 rings (SSSR count). The SMILES string of the molecule is O=Nc1ccc(/C=C/c2nc(Nc3ccc(O)cc3)c3cc(F)c(NC(=O)c4coc(-c5ccc(Oc6ccccc6)cc5)n4)cc3n2)o1. The Bertz CT molecular complexity index is 2320. The Hall–Kier alpha value is -7.15. The van der Waals surface area contributed by atoms with Crippen LogP contribution in [0, 0.1) is 10.7 Å². The topological polar surface area (TPSA) is 165 Å². The van der Waals surface area contributed by atoms with Crippen molar-refractivity contribution in [2.45, 2.75) is 0 Å². The maximum atomic E-state index is 15.5. The fraction of sp³-hybridized carbons (Fsp3) is 0. The first kappa shape index (κ1) is 30.5. The summed E-state index contributed by atoms with van der Waals surface area (Å²) in [4.78, 5) is 37.2. The second-order valence-electron chi connectivity index (χ2n) is 10.5. The Morgan fingerprint density at radius 2 is 1.65 bits per heavy atom. The van der Waals surface area contributed by atoms with E-state index in [0.29, 0.717) is 39.4 Å². The number of halogens is 1. The van der Waals surface area contributed by atoms with Gasteiger partial charge in [0.2, 0.25) is 5.89 Å². The monoisotopic (exact) mass is 654 g/mol. The number of benzene rings is 4. The van der Waals surface area contributed by atoms with Crippen LogP contribution in [0.15, 0.2) is 123 Å². The van der Waals surface area contributed by atoms with Crippen molar-refractivity contribution in [1.29, 1.82) is 0 Å².